The summed E-state index contributed by atoms with van der Waals surface area (Å²) in [7, 11) is 0. The van der Waals surface area contributed by atoms with Crippen molar-refractivity contribution in [3.63, 3.8) is 0 Å². The maximum Gasteiger partial charge on any atom is 0.230 e. The Balaban J connectivity index is 2.86. The molecule has 1 aliphatic rings. The van der Waals surface area contributed by atoms with Crippen LogP contribution >= 0.6 is 0 Å². The molecule has 1 amide bonds. The van der Waals surface area contributed by atoms with Crippen molar-refractivity contribution >= 4 is 5.91 Å². The van der Waals surface area contributed by atoms with E-state index in [1.54, 1.807) is 0 Å². The Morgan fingerprint density at radius 3 is 2.28 bits per heavy atom. The minimum atomic E-state index is -0.433. The number of aliphatic hydroxyl groups is 1. The normalized spacial score (nSPS) is 17.1. The highest BCUT2D eigenvalue weighted by molar-refractivity contribution is 5.83. The van der Waals surface area contributed by atoms with E-state index in [0.717, 1.165) is 25.7 Å². The molecule has 0 aromatic rings. The van der Waals surface area contributed by atoms with Gasteiger partial charge in [-0.2, -0.15) is 0 Å². The molecule has 3 N–H and O–H groups in total. The second-order valence-electron chi connectivity index (χ2n) is 5.35. The molecule has 0 aromatic heterocycles. The van der Waals surface area contributed by atoms with E-state index < -0.39 is 5.41 Å². The van der Waals surface area contributed by atoms with Gasteiger partial charge in [0, 0.05) is 19.1 Å². The van der Waals surface area contributed by atoms with Gasteiger partial charge in [-0.1, -0.05) is 26.7 Å². The second-order valence-corrected chi connectivity index (χ2v) is 5.35. The van der Waals surface area contributed by atoms with Gasteiger partial charge in [-0.25, -0.2) is 0 Å². The van der Waals surface area contributed by atoms with E-state index >= 15 is 0 Å². The second kappa shape index (κ2) is 7.10. The van der Waals surface area contributed by atoms with Crippen LogP contribution in [-0.4, -0.2) is 41.7 Å². The summed E-state index contributed by atoms with van der Waals surface area (Å²) in [6.07, 6.45) is 6.06. The number of amides is 1. The first kappa shape index (κ1) is 15.4. The van der Waals surface area contributed by atoms with Crippen molar-refractivity contribution in [3.05, 3.63) is 0 Å². The van der Waals surface area contributed by atoms with Crippen LogP contribution in [0.15, 0.2) is 0 Å². The van der Waals surface area contributed by atoms with Crippen LogP contribution in [0, 0.1) is 5.41 Å². The van der Waals surface area contributed by atoms with Gasteiger partial charge in [0.1, 0.15) is 0 Å². The predicted octanol–water partition coefficient (Wildman–Crippen LogP) is 1.51. The third kappa shape index (κ3) is 3.04. The number of nitrogens with two attached hydrogens (primary N) is 1. The first-order valence-corrected chi connectivity index (χ1v) is 7.27. The highest BCUT2D eigenvalue weighted by Gasteiger charge is 2.39. The molecule has 0 bridgehead atoms. The van der Waals surface area contributed by atoms with E-state index in [-0.39, 0.29) is 12.5 Å². The first-order valence-electron chi connectivity index (χ1n) is 7.27. The Hall–Kier alpha value is -0.610. The molecule has 0 aliphatic heterocycles. The van der Waals surface area contributed by atoms with Crippen molar-refractivity contribution in [1.82, 2.24) is 4.90 Å². The van der Waals surface area contributed by atoms with Crippen LogP contribution in [0.1, 0.15) is 52.4 Å². The van der Waals surface area contributed by atoms with E-state index in [1.165, 1.54) is 12.8 Å². The molecule has 4 heteroatoms. The average molecular weight is 256 g/mol. The van der Waals surface area contributed by atoms with Gasteiger partial charge in [-0.05, 0) is 25.7 Å². The maximum atomic E-state index is 12.8. The number of aliphatic hydroxyl groups excluding tert-OH is 1. The van der Waals surface area contributed by atoms with Gasteiger partial charge in [-0.15, -0.1) is 0 Å². The third-order valence-electron chi connectivity index (χ3n) is 4.57. The summed E-state index contributed by atoms with van der Waals surface area (Å²) in [5, 5.41) is 9.20. The van der Waals surface area contributed by atoms with Crippen molar-refractivity contribution in [2.24, 2.45) is 11.1 Å². The fourth-order valence-electron chi connectivity index (χ4n) is 3.01. The van der Waals surface area contributed by atoms with Crippen molar-refractivity contribution in [2.75, 3.05) is 19.7 Å². The highest BCUT2D eigenvalue weighted by atomic mass is 16.3. The molecule has 1 saturated carbocycles. The van der Waals surface area contributed by atoms with Gasteiger partial charge in [0.25, 0.3) is 0 Å². The first-order chi connectivity index (χ1) is 8.65. The van der Waals surface area contributed by atoms with Gasteiger partial charge in [0.05, 0.1) is 12.0 Å². The zero-order valence-electron chi connectivity index (χ0n) is 11.8. The third-order valence-corrected chi connectivity index (χ3v) is 4.57. The molecule has 0 spiro atoms. The van der Waals surface area contributed by atoms with Crippen LogP contribution < -0.4 is 5.73 Å². The molecular weight excluding hydrogens is 228 g/mol. The summed E-state index contributed by atoms with van der Waals surface area (Å²) >= 11 is 0. The fraction of sp³-hybridized carbons (Fsp3) is 0.929. The SMILES string of the molecule is CCC(CC)(CN)C(=O)N(CCO)C1CCCC1. The Kier molecular flexibility index (Phi) is 6.09. The van der Waals surface area contributed by atoms with Crippen LogP contribution in [0.25, 0.3) is 0 Å². The summed E-state index contributed by atoms with van der Waals surface area (Å²) in [5.74, 6) is 0.149. The lowest BCUT2D eigenvalue weighted by Crippen LogP contribution is -2.51. The Bertz CT molecular complexity index is 250. The Morgan fingerprint density at radius 1 is 1.33 bits per heavy atom. The summed E-state index contributed by atoms with van der Waals surface area (Å²) in [5.41, 5.74) is 5.42. The number of nitrogens with zero attached hydrogens (tertiary/aromatic N) is 1. The standard InChI is InChI=1S/C14H28N2O2/c1-3-14(4-2,11-15)13(18)16(9-10-17)12-7-5-6-8-12/h12,17H,3-11,15H2,1-2H3. The number of carbonyl (C=O) groups is 1. The molecule has 0 atom stereocenters. The maximum absolute atomic E-state index is 12.8. The predicted molar refractivity (Wildman–Crippen MR) is 73.1 cm³/mol. The van der Waals surface area contributed by atoms with E-state index in [9.17, 15) is 9.90 Å². The number of carbonyl (C=O) groups excluding carboxylic acids is 1. The van der Waals surface area contributed by atoms with Crippen LogP contribution in [0.2, 0.25) is 0 Å². The Labute approximate surface area is 111 Å². The molecule has 4 nitrogen and oxygen atoms in total. The lowest BCUT2D eigenvalue weighted by molar-refractivity contribution is -0.145. The number of hydrogen-bond acceptors (Lipinski definition) is 3. The van der Waals surface area contributed by atoms with Crippen LogP contribution in [0.4, 0.5) is 0 Å². The molecule has 0 saturated heterocycles. The minimum absolute atomic E-state index is 0.0380. The number of hydrogen-bond donors (Lipinski definition) is 2. The molecule has 0 aromatic carbocycles. The topological polar surface area (TPSA) is 66.6 Å². The number of rotatable bonds is 7. The van der Waals surface area contributed by atoms with Gasteiger partial charge in [0.15, 0.2) is 0 Å². The molecule has 1 fully saturated rings. The molecule has 0 radical (unpaired) electrons. The van der Waals surface area contributed by atoms with E-state index in [1.807, 2.05) is 18.7 Å². The fourth-order valence-corrected chi connectivity index (χ4v) is 3.01. The molecule has 0 heterocycles. The van der Waals surface area contributed by atoms with Crippen molar-refractivity contribution in [1.29, 1.82) is 0 Å². The quantitative estimate of drug-likeness (QED) is 0.725. The lowest BCUT2D eigenvalue weighted by atomic mass is 9.80. The van der Waals surface area contributed by atoms with E-state index in [4.69, 9.17) is 5.73 Å². The molecule has 0 unspecified atom stereocenters. The van der Waals surface area contributed by atoms with Gasteiger partial charge >= 0.3 is 0 Å². The zero-order chi connectivity index (χ0) is 13.6. The summed E-state index contributed by atoms with van der Waals surface area (Å²) < 4.78 is 0. The monoisotopic (exact) mass is 256 g/mol. The molecular formula is C14H28N2O2. The van der Waals surface area contributed by atoms with Gasteiger partial charge in [-0.3, -0.25) is 4.79 Å². The Morgan fingerprint density at radius 2 is 1.89 bits per heavy atom. The molecule has 106 valence electrons. The molecule has 18 heavy (non-hydrogen) atoms. The van der Waals surface area contributed by atoms with Crippen LogP contribution in [0.3, 0.4) is 0 Å². The summed E-state index contributed by atoms with van der Waals surface area (Å²) in [6.45, 7) is 4.94. The smallest absolute Gasteiger partial charge is 0.230 e. The van der Waals surface area contributed by atoms with Crippen molar-refractivity contribution in [3.8, 4) is 0 Å². The average Bonchev–Trinajstić information content (AvgIpc) is 2.92. The largest absolute Gasteiger partial charge is 0.395 e. The molecule has 1 rings (SSSR count). The van der Waals surface area contributed by atoms with Gasteiger partial charge in [0.2, 0.25) is 5.91 Å². The van der Waals surface area contributed by atoms with Crippen LogP contribution in [0.5, 0.6) is 0 Å². The molecule has 1 aliphatic carbocycles. The summed E-state index contributed by atoms with van der Waals surface area (Å²) in [4.78, 5) is 14.7. The van der Waals surface area contributed by atoms with Crippen LogP contribution in [-0.2, 0) is 4.79 Å². The van der Waals surface area contributed by atoms with Gasteiger partial charge < -0.3 is 15.7 Å². The minimum Gasteiger partial charge on any atom is -0.395 e. The lowest BCUT2D eigenvalue weighted by Gasteiger charge is -2.38. The van der Waals surface area contributed by atoms with Crippen molar-refractivity contribution in [2.45, 2.75) is 58.4 Å². The summed E-state index contributed by atoms with van der Waals surface area (Å²) in [6, 6.07) is 0.314. The van der Waals surface area contributed by atoms with Crippen molar-refractivity contribution < 1.29 is 9.90 Å². The van der Waals surface area contributed by atoms with E-state index in [2.05, 4.69) is 0 Å². The highest BCUT2D eigenvalue weighted by Crippen LogP contribution is 2.32. The zero-order valence-corrected chi connectivity index (χ0v) is 11.8. The van der Waals surface area contributed by atoms with E-state index in [0.29, 0.717) is 19.1 Å².